The average molecular weight is 206 g/mol. The molecule has 0 aromatic heterocycles. The van der Waals surface area contributed by atoms with Gasteiger partial charge in [0.05, 0.1) is 14.2 Å². The molecule has 0 saturated carbocycles. The molecule has 1 unspecified atom stereocenters. The van der Waals surface area contributed by atoms with Crippen LogP contribution in [0.1, 0.15) is 12.5 Å². The number of rotatable bonds is 2. The van der Waals surface area contributed by atoms with Crippen LogP contribution in [0.3, 0.4) is 0 Å². The Labute approximate surface area is 89.6 Å². The molecule has 1 N–H and O–H groups in total. The van der Waals surface area contributed by atoms with E-state index < -0.39 is 6.10 Å². The van der Waals surface area contributed by atoms with Gasteiger partial charge in [0, 0.05) is 5.56 Å². The van der Waals surface area contributed by atoms with Gasteiger partial charge in [0.15, 0.2) is 11.5 Å². The Bertz CT molecular complexity index is 386. The molecule has 0 radical (unpaired) electrons. The van der Waals surface area contributed by atoms with E-state index in [1.54, 1.807) is 33.3 Å². The Balaban J connectivity index is 2.99. The Morgan fingerprint density at radius 1 is 1.20 bits per heavy atom. The molecule has 1 aromatic rings. The van der Waals surface area contributed by atoms with Crippen LogP contribution in [0, 0.1) is 11.8 Å². The van der Waals surface area contributed by atoms with Crippen molar-refractivity contribution in [3.63, 3.8) is 0 Å². The zero-order valence-electron chi connectivity index (χ0n) is 9.07. The maximum atomic E-state index is 9.01. The number of aliphatic hydroxyl groups is 1. The van der Waals surface area contributed by atoms with Crippen molar-refractivity contribution in [3.8, 4) is 23.3 Å². The van der Waals surface area contributed by atoms with Crippen molar-refractivity contribution in [2.45, 2.75) is 13.0 Å². The van der Waals surface area contributed by atoms with Crippen LogP contribution in [-0.4, -0.2) is 25.4 Å². The summed E-state index contributed by atoms with van der Waals surface area (Å²) in [5.41, 5.74) is 0.786. The summed E-state index contributed by atoms with van der Waals surface area (Å²) in [5.74, 6) is 6.80. The molecule has 0 bridgehead atoms. The molecule has 1 rings (SSSR count). The van der Waals surface area contributed by atoms with Gasteiger partial charge in [-0.1, -0.05) is 11.8 Å². The highest BCUT2D eigenvalue weighted by Crippen LogP contribution is 2.26. The van der Waals surface area contributed by atoms with Crippen LogP contribution in [0.15, 0.2) is 18.2 Å². The first-order valence-electron chi connectivity index (χ1n) is 4.59. The summed E-state index contributed by atoms with van der Waals surface area (Å²) in [5, 5.41) is 9.01. The smallest absolute Gasteiger partial charge is 0.161 e. The molecule has 80 valence electrons. The van der Waals surface area contributed by atoms with E-state index in [4.69, 9.17) is 14.6 Å². The largest absolute Gasteiger partial charge is 0.493 e. The highest BCUT2D eigenvalue weighted by molar-refractivity contribution is 5.48. The average Bonchev–Trinajstić information content (AvgIpc) is 2.25. The van der Waals surface area contributed by atoms with Crippen LogP contribution >= 0.6 is 0 Å². The lowest BCUT2D eigenvalue weighted by Crippen LogP contribution is -1.93. The van der Waals surface area contributed by atoms with Crippen LogP contribution in [0.5, 0.6) is 11.5 Å². The lowest BCUT2D eigenvalue weighted by Gasteiger charge is -2.06. The van der Waals surface area contributed by atoms with E-state index in [1.165, 1.54) is 0 Å². The summed E-state index contributed by atoms with van der Waals surface area (Å²) < 4.78 is 10.2. The number of methoxy groups -OCH3 is 2. The van der Waals surface area contributed by atoms with Gasteiger partial charge in [-0.3, -0.25) is 0 Å². The van der Waals surface area contributed by atoms with Gasteiger partial charge in [-0.2, -0.15) is 0 Å². The lowest BCUT2D eigenvalue weighted by molar-refractivity contribution is 0.253. The number of aliphatic hydroxyl groups excluding tert-OH is 1. The van der Waals surface area contributed by atoms with Gasteiger partial charge in [-0.15, -0.1) is 0 Å². The topological polar surface area (TPSA) is 38.7 Å². The normalized spacial score (nSPS) is 11.2. The van der Waals surface area contributed by atoms with Crippen LogP contribution in [-0.2, 0) is 0 Å². The maximum absolute atomic E-state index is 9.01. The Morgan fingerprint density at radius 3 is 2.40 bits per heavy atom. The minimum Gasteiger partial charge on any atom is -0.493 e. The number of hydrogen-bond acceptors (Lipinski definition) is 3. The molecule has 0 fully saturated rings. The molecule has 3 heteroatoms. The van der Waals surface area contributed by atoms with E-state index in [9.17, 15) is 0 Å². The summed E-state index contributed by atoms with van der Waals surface area (Å²) in [4.78, 5) is 0. The predicted molar refractivity (Wildman–Crippen MR) is 58.1 cm³/mol. The third kappa shape index (κ3) is 3.19. The molecule has 1 aromatic carbocycles. The highest BCUT2D eigenvalue weighted by Gasteiger charge is 2.02. The molecule has 0 aliphatic heterocycles. The standard InChI is InChI=1S/C12H14O3/c1-9(13)4-5-10-6-7-11(14-2)12(8-10)15-3/h6-9,13H,1-3H3. The number of hydrogen-bond donors (Lipinski definition) is 1. The third-order valence-corrected chi connectivity index (χ3v) is 1.81. The second-order valence-electron chi connectivity index (χ2n) is 3.02. The monoisotopic (exact) mass is 206 g/mol. The van der Waals surface area contributed by atoms with Crippen molar-refractivity contribution in [1.82, 2.24) is 0 Å². The Morgan fingerprint density at radius 2 is 1.87 bits per heavy atom. The minimum absolute atomic E-state index is 0.627. The molecular weight excluding hydrogens is 192 g/mol. The molecule has 1 atom stereocenters. The van der Waals surface area contributed by atoms with Crippen LogP contribution in [0.4, 0.5) is 0 Å². The minimum atomic E-state index is -0.627. The molecular formula is C12H14O3. The fourth-order valence-corrected chi connectivity index (χ4v) is 1.10. The molecule has 3 nitrogen and oxygen atoms in total. The zero-order chi connectivity index (χ0) is 11.3. The van der Waals surface area contributed by atoms with Crippen LogP contribution in [0.2, 0.25) is 0 Å². The SMILES string of the molecule is COc1ccc(C#CC(C)O)cc1OC. The molecule has 0 aliphatic carbocycles. The maximum Gasteiger partial charge on any atom is 0.161 e. The molecule has 0 heterocycles. The van der Waals surface area contributed by atoms with Crippen molar-refractivity contribution in [3.05, 3.63) is 23.8 Å². The third-order valence-electron chi connectivity index (χ3n) is 1.81. The van der Waals surface area contributed by atoms with E-state index in [-0.39, 0.29) is 0 Å². The van der Waals surface area contributed by atoms with Crippen molar-refractivity contribution in [2.24, 2.45) is 0 Å². The Kier molecular flexibility index (Phi) is 4.02. The van der Waals surface area contributed by atoms with Gasteiger partial charge >= 0.3 is 0 Å². The molecule has 0 spiro atoms. The van der Waals surface area contributed by atoms with E-state index >= 15 is 0 Å². The van der Waals surface area contributed by atoms with Gasteiger partial charge in [0.2, 0.25) is 0 Å². The summed E-state index contributed by atoms with van der Waals surface area (Å²) in [6.45, 7) is 1.62. The van der Waals surface area contributed by atoms with Crippen LogP contribution < -0.4 is 9.47 Å². The fourth-order valence-electron chi connectivity index (χ4n) is 1.10. The molecule has 0 amide bonds. The summed E-state index contributed by atoms with van der Waals surface area (Å²) in [7, 11) is 3.16. The summed E-state index contributed by atoms with van der Waals surface area (Å²) >= 11 is 0. The lowest BCUT2D eigenvalue weighted by atomic mass is 10.2. The highest BCUT2D eigenvalue weighted by atomic mass is 16.5. The van der Waals surface area contributed by atoms with Crippen molar-refractivity contribution < 1.29 is 14.6 Å². The molecule has 15 heavy (non-hydrogen) atoms. The predicted octanol–water partition coefficient (Wildman–Crippen LogP) is 1.44. The molecule has 0 saturated heterocycles. The summed E-state index contributed by atoms with van der Waals surface area (Å²) in [6.07, 6.45) is -0.627. The first-order valence-corrected chi connectivity index (χ1v) is 4.59. The van der Waals surface area contributed by atoms with Crippen molar-refractivity contribution in [2.75, 3.05) is 14.2 Å². The zero-order valence-corrected chi connectivity index (χ0v) is 9.07. The van der Waals surface area contributed by atoms with Gasteiger partial charge in [-0.25, -0.2) is 0 Å². The van der Waals surface area contributed by atoms with Gasteiger partial charge < -0.3 is 14.6 Å². The number of ether oxygens (including phenoxy) is 2. The van der Waals surface area contributed by atoms with Crippen molar-refractivity contribution >= 4 is 0 Å². The van der Waals surface area contributed by atoms with Crippen LogP contribution in [0.25, 0.3) is 0 Å². The first-order chi connectivity index (χ1) is 7.17. The molecule has 0 aliphatic rings. The second-order valence-corrected chi connectivity index (χ2v) is 3.02. The Hall–Kier alpha value is -1.66. The quantitative estimate of drug-likeness (QED) is 0.744. The summed E-state index contributed by atoms with van der Waals surface area (Å²) in [6, 6.07) is 5.37. The van der Waals surface area contributed by atoms with E-state index in [2.05, 4.69) is 11.8 Å². The van der Waals surface area contributed by atoms with E-state index in [0.717, 1.165) is 5.56 Å². The number of benzene rings is 1. The second kappa shape index (κ2) is 5.28. The van der Waals surface area contributed by atoms with E-state index in [1.807, 2.05) is 6.07 Å². The van der Waals surface area contributed by atoms with Gasteiger partial charge in [0.1, 0.15) is 6.10 Å². The van der Waals surface area contributed by atoms with Gasteiger partial charge in [-0.05, 0) is 25.1 Å². The fraction of sp³-hybridized carbons (Fsp3) is 0.333. The first kappa shape index (κ1) is 11.4. The van der Waals surface area contributed by atoms with Gasteiger partial charge in [0.25, 0.3) is 0 Å². The van der Waals surface area contributed by atoms with Crippen molar-refractivity contribution in [1.29, 1.82) is 0 Å². The van der Waals surface area contributed by atoms with E-state index in [0.29, 0.717) is 11.5 Å².